The Kier molecular flexibility index (Phi) is 4.25. The second-order valence-electron chi connectivity index (χ2n) is 6.68. The van der Waals surface area contributed by atoms with Gasteiger partial charge in [0.1, 0.15) is 0 Å². The van der Waals surface area contributed by atoms with Crippen molar-refractivity contribution in [2.24, 2.45) is 5.41 Å². The van der Waals surface area contributed by atoms with E-state index in [9.17, 15) is 9.90 Å². The van der Waals surface area contributed by atoms with E-state index in [0.29, 0.717) is 13.1 Å². The first-order valence-electron chi connectivity index (χ1n) is 8.07. The number of nitrogens with zero attached hydrogens (tertiary/aromatic N) is 1. The molecule has 2 aliphatic rings. The lowest BCUT2D eigenvalue weighted by atomic mass is 9.99. The highest BCUT2D eigenvalue weighted by Crippen LogP contribution is 2.44. The van der Waals surface area contributed by atoms with E-state index in [1.54, 1.807) is 0 Å². The molecule has 1 aliphatic heterocycles. The van der Waals surface area contributed by atoms with E-state index in [1.165, 1.54) is 17.7 Å². The summed E-state index contributed by atoms with van der Waals surface area (Å²) in [4.78, 5) is 14.1. The molecule has 3 N–H and O–H groups in total. The molecular weight excluding hydrogens is 278 g/mol. The third-order valence-electron chi connectivity index (χ3n) is 4.86. The summed E-state index contributed by atoms with van der Waals surface area (Å²) in [5.41, 5.74) is 3.75. The third kappa shape index (κ3) is 3.35. The molecule has 0 bridgehead atoms. The van der Waals surface area contributed by atoms with Crippen LogP contribution in [0, 0.1) is 5.41 Å². The normalized spacial score (nSPS) is 18.5. The van der Waals surface area contributed by atoms with Crippen LogP contribution < -0.4 is 15.5 Å². The van der Waals surface area contributed by atoms with Crippen molar-refractivity contribution in [2.45, 2.75) is 32.2 Å². The number of anilines is 1. The smallest absolute Gasteiger partial charge is 0.315 e. The highest BCUT2D eigenvalue weighted by atomic mass is 16.3. The third-order valence-corrected chi connectivity index (χ3v) is 4.86. The predicted molar refractivity (Wildman–Crippen MR) is 87.0 cm³/mol. The molecule has 0 unspecified atom stereocenters. The van der Waals surface area contributed by atoms with E-state index in [2.05, 4.69) is 40.8 Å². The Bertz CT molecular complexity index is 555. The van der Waals surface area contributed by atoms with E-state index < -0.39 is 0 Å². The maximum atomic E-state index is 11.8. The Labute approximate surface area is 131 Å². The number of nitrogens with one attached hydrogen (secondary N) is 2. The molecule has 5 heteroatoms. The van der Waals surface area contributed by atoms with Gasteiger partial charge < -0.3 is 20.6 Å². The van der Waals surface area contributed by atoms with E-state index >= 15 is 0 Å². The maximum Gasteiger partial charge on any atom is 0.315 e. The molecule has 120 valence electrons. The van der Waals surface area contributed by atoms with Crippen LogP contribution in [0.1, 0.15) is 30.4 Å². The molecule has 0 radical (unpaired) electrons. The van der Waals surface area contributed by atoms with Crippen molar-refractivity contribution < 1.29 is 9.90 Å². The van der Waals surface area contributed by atoms with Crippen LogP contribution in [0.25, 0.3) is 0 Å². The van der Waals surface area contributed by atoms with Gasteiger partial charge in [-0.1, -0.05) is 12.1 Å². The van der Waals surface area contributed by atoms with Crippen molar-refractivity contribution in [3.63, 3.8) is 0 Å². The highest BCUT2D eigenvalue weighted by Gasteiger charge is 2.42. The zero-order valence-electron chi connectivity index (χ0n) is 13.2. The zero-order chi connectivity index (χ0) is 15.6. The predicted octanol–water partition coefficient (Wildman–Crippen LogP) is 1.64. The number of fused-ring (bicyclic) bond motifs is 1. The summed E-state index contributed by atoms with van der Waals surface area (Å²) < 4.78 is 0. The van der Waals surface area contributed by atoms with Gasteiger partial charge in [0, 0.05) is 37.8 Å². The number of amides is 2. The number of carbonyl (C=O) groups is 1. The fourth-order valence-corrected chi connectivity index (χ4v) is 3.03. The average molecular weight is 303 g/mol. The summed E-state index contributed by atoms with van der Waals surface area (Å²) in [5, 5.41) is 15.0. The molecule has 1 aromatic rings. The van der Waals surface area contributed by atoms with Crippen LogP contribution in [0.2, 0.25) is 0 Å². The van der Waals surface area contributed by atoms with Crippen LogP contribution in [0.5, 0.6) is 0 Å². The van der Waals surface area contributed by atoms with Gasteiger partial charge in [0.15, 0.2) is 0 Å². The number of hydrogen-bond donors (Lipinski definition) is 3. The minimum absolute atomic E-state index is 0.0479. The number of benzene rings is 1. The number of aliphatic hydroxyl groups is 1. The fourth-order valence-electron chi connectivity index (χ4n) is 3.03. The number of hydrogen-bond acceptors (Lipinski definition) is 3. The summed E-state index contributed by atoms with van der Waals surface area (Å²) >= 11 is 0. The van der Waals surface area contributed by atoms with Gasteiger partial charge in [-0.05, 0) is 42.9 Å². The van der Waals surface area contributed by atoms with Crippen LogP contribution in [0.4, 0.5) is 10.5 Å². The van der Waals surface area contributed by atoms with E-state index in [-0.39, 0.29) is 18.1 Å². The number of rotatable bonds is 5. The molecular formula is C17H25N3O2. The lowest BCUT2D eigenvalue weighted by Crippen LogP contribution is -2.39. The summed E-state index contributed by atoms with van der Waals surface area (Å²) in [6, 6.07) is 6.27. The minimum atomic E-state index is -0.158. The van der Waals surface area contributed by atoms with Crippen molar-refractivity contribution in [1.29, 1.82) is 0 Å². The quantitative estimate of drug-likeness (QED) is 0.775. The number of urea groups is 1. The summed E-state index contributed by atoms with van der Waals surface area (Å²) in [5.74, 6) is 0. The van der Waals surface area contributed by atoms with E-state index in [4.69, 9.17) is 0 Å². The topological polar surface area (TPSA) is 64.6 Å². The van der Waals surface area contributed by atoms with Gasteiger partial charge in [-0.3, -0.25) is 0 Å². The molecule has 3 rings (SSSR count). The Balaban J connectivity index is 1.50. The largest absolute Gasteiger partial charge is 0.396 e. The van der Waals surface area contributed by atoms with Gasteiger partial charge in [0.2, 0.25) is 0 Å². The average Bonchev–Trinajstić information content (AvgIpc) is 3.32. The lowest BCUT2D eigenvalue weighted by Gasteiger charge is -2.27. The van der Waals surface area contributed by atoms with Gasteiger partial charge in [-0.25, -0.2) is 4.79 Å². The summed E-state index contributed by atoms with van der Waals surface area (Å²) in [6.07, 6.45) is 4.30. The second kappa shape index (κ2) is 6.16. The van der Waals surface area contributed by atoms with Crippen molar-refractivity contribution >= 4 is 11.7 Å². The molecule has 0 atom stereocenters. The molecule has 0 aromatic heterocycles. The molecule has 2 amide bonds. The van der Waals surface area contributed by atoms with Gasteiger partial charge in [-0.15, -0.1) is 0 Å². The Morgan fingerprint density at radius 1 is 1.36 bits per heavy atom. The Hall–Kier alpha value is -1.75. The fraction of sp³-hybridized carbons (Fsp3) is 0.588. The van der Waals surface area contributed by atoms with Gasteiger partial charge >= 0.3 is 6.03 Å². The van der Waals surface area contributed by atoms with Gasteiger partial charge in [0.25, 0.3) is 0 Å². The van der Waals surface area contributed by atoms with Gasteiger partial charge in [-0.2, -0.15) is 0 Å². The van der Waals surface area contributed by atoms with Crippen LogP contribution in [-0.4, -0.2) is 37.9 Å². The summed E-state index contributed by atoms with van der Waals surface area (Å²) in [6.45, 7) is 2.37. The molecule has 22 heavy (non-hydrogen) atoms. The lowest BCUT2D eigenvalue weighted by molar-refractivity contribution is 0.203. The molecule has 1 heterocycles. The van der Waals surface area contributed by atoms with Gasteiger partial charge in [0.05, 0.1) is 6.61 Å². The molecule has 1 fully saturated rings. The van der Waals surface area contributed by atoms with Crippen molar-refractivity contribution in [1.82, 2.24) is 10.6 Å². The molecule has 5 nitrogen and oxygen atoms in total. The Morgan fingerprint density at radius 3 is 2.91 bits per heavy atom. The summed E-state index contributed by atoms with van der Waals surface area (Å²) in [7, 11) is 2.12. The standard InChI is InChI=1S/C17H25N3O2/c1-20-8-2-3-14-9-13(4-5-15(14)20)10-18-16(22)19-11-17(12-21)6-7-17/h4-5,9,21H,2-3,6-8,10-12H2,1H3,(H2,18,19,22). The van der Waals surface area contributed by atoms with E-state index in [0.717, 1.165) is 31.4 Å². The highest BCUT2D eigenvalue weighted by molar-refractivity contribution is 5.74. The van der Waals surface area contributed by atoms with E-state index in [1.807, 2.05) is 0 Å². The minimum Gasteiger partial charge on any atom is -0.396 e. The molecule has 0 spiro atoms. The van der Waals surface area contributed by atoms with Crippen LogP contribution in [-0.2, 0) is 13.0 Å². The molecule has 0 saturated heterocycles. The van der Waals surface area contributed by atoms with Crippen LogP contribution in [0.3, 0.4) is 0 Å². The number of carbonyl (C=O) groups excluding carboxylic acids is 1. The number of aliphatic hydroxyl groups excluding tert-OH is 1. The maximum absolute atomic E-state index is 11.8. The van der Waals surface area contributed by atoms with Crippen LogP contribution >= 0.6 is 0 Å². The van der Waals surface area contributed by atoms with Crippen LogP contribution in [0.15, 0.2) is 18.2 Å². The first-order valence-corrected chi connectivity index (χ1v) is 8.07. The monoisotopic (exact) mass is 303 g/mol. The van der Waals surface area contributed by atoms with Crippen molar-refractivity contribution in [3.05, 3.63) is 29.3 Å². The molecule has 1 saturated carbocycles. The zero-order valence-corrected chi connectivity index (χ0v) is 13.2. The number of aryl methyl sites for hydroxylation is 1. The molecule has 1 aliphatic carbocycles. The Morgan fingerprint density at radius 2 is 2.18 bits per heavy atom. The van der Waals surface area contributed by atoms with Crippen molar-refractivity contribution in [2.75, 3.05) is 31.6 Å². The first kappa shape index (κ1) is 15.2. The SMILES string of the molecule is CN1CCCc2cc(CNC(=O)NCC3(CO)CC3)ccc21. The van der Waals surface area contributed by atoms with Crippen molar-refractivity contribution in [3.8, 4) is 0 Å². The molecule has 1 aromatic carbocycles. The second-order valence-corrected chi connectivity index (χ2v) is 6.68. The first-order chi connectivity index (χ1) is 10.6.